The second kappa shape index (κ2) is 9.35. The molecule has 0 N–H and O–H groups in total. The van der Waals surface area contributed by atoms with Gasteiger partial charge >= 0.3 is 0 Å². The Morgan fingerprint density at radius 2 is 1.62 bits per heavy atom. The lowest BCUT2D eigenvalue weighted by atomic mass is 9.90. The molecule has 0 radical (unpaired) electrons. The maximum Gasteiger partial charge on any atom is 0.185 e. The summed E-state index contributed by atoms with van der Waals surface area (Å²) in [6.45, 7) is 4.05. The monoisotopic (exact) mass is 336 g/mol. The molecule has 24 heavy (non-hydrogen) atoms. The summed E-state index contributed by atoms with van der Waals surface area (Å²) >= 11 is 3.84. The van der Waals surface area contributed by atoms with Crippen LogP contribution in [0.5, 0.6) is 0 Å². The fourth-order valence-electron chi connectivity index (χ4n) is 2.94. The first-order valence-corrected chi connectivity index (χ1v) is 8.93. The first-order valence-electron chi connectivity index (χ1n) is 8.49. The van der Waals surface area contributed by atoms with Crippen molar-refractivity contribution in [1.82, 2.24) is 0 Å². The van der Waals surface area contributed by atoms with Crippen molar-refractivity contribution in [3.63, 3.8) is 0 Å². The fraction of sp³-hybridized carbons (Fsp3) is 0.318. The fourth-order valence-corrected chi connectivity index (χ4v) is 3.10. The average Bonchev–Trinajstić information content (AvgIpc) is 2.60. The Morgan fingerprint density at radius 3 is 2.12 bits per heavy atom. The minimum atomic E-state index is -0.0172. The van der Waals surface area contributed by atoms with Crippen molar-refractivity contribution in [1.29, 1.82) is 0 Å². The molecule has 0 amide bonds. The molecule has 124 valence electrons. The second-order valence-corrected chi connectivity index (χ2v) is 6.46. The van der Waals surface area contributed by atoms with E-state index in [0.29, 0.717) is 12.3 Å². The van der Waals surface area contributed by atoms with Gasteiger partial charge in [-0.25, -0.2) is 0 Å². The third-order valence-corrected chi connectivity index (χ3v) is 4.53. The van der Waals surface area contributed by atoms with Crippen molar-refractivity contribution in [3.8, 4) is 23.0 Å². The molecular weight excluding hydrogens is 312 g/mol. The topological polar surface area (TPSA) is 17.1 Å². The Morgan fingerprint density at radius 1 is 1.04 bits per heavy atom. The predicted octanol–water partition coefficient (Wildman–Crippen LogP) is 5.85. The average molecular weight is 336 g/mol. The summed E-state index contributed by atoms with van der Waals surface area (Å²) in [5.74, 6) is 6.49. The van der Waals surface area contributed by atoms with E-state index in [4.69, 9.17) is 0 Å². The Kier molecular flexibility index (Phi) is 7.15. The zero-order valence-electron chi connectivity index (χ0n) is 14.4. The van der Waals surface area contributed by atoms with Crippen LogP contribution in [0.25, 0.3) is 11.1 Å². The van der Waals surface area contributed by atoms with Crippen LogP contribution in [0, 0.1) is 11.8 Å². The summed E-state index contributed by atoms with van der Waals surface area (Å²) < 4.78 is 0. The number of thiol groups is 1. The van der Waals surface area contributed by atoms with Gasteiger partial charge in [-0.3, -0.25) is 4.79 Å². The van der Waals surface area contributed by atoms with Gasteiger partial charge in [-0.2, -0.15) is 0 Å². The molecule has 0 aliphatic carbocycles. The summed E-state index contributed by atoms with van der Waals surface area (Å²) in [5.41, 5.74) is 4.82. The van der Waals surface area contributed by atoms with Gasteiger partial charge < -0.3 is 0 Å². The van der Waals surface area contributed by atoms with Crippen molar-refractivity contribution in [2.45, 2.75) is 45.4 Å². The van der Waals surface area contributed by atoms with E-state index in [9.17, 15) is 4.79 Å². The molecule has 1 atom stereocenters. The third-order valence-electron chi connectivity index (χ3n) is 4.31. The quantitative estimate of drug-likeness (QED) is 0.496. The van der Waals surface area contributed by atoms with Crippen LogP contribution in [0.15, 0.2) is 48.5 Å². The molecule has 0 aliphatic rings. The van der Waals surface area contributed by atoms with E-state index in [1.165, 1.54) is 16.7 Å². The zero-order valence-corrected chi connectivity index (χ0v) is 15.3. The van der Waals surface area contributed by atoms with Gasteiger partial charge in [-0.15, -0.1) is 18.5 Å². The summed E-state index contributed by atoms with van der Waals surface area (Å²) in [6, 6.07) is 17.1. The number of hydrogen-bond acceptors (Lipinski definition) is 1. The van der Waals surface area contributed by atoms with E-state index in [2.05, 4.69) is 79.9 Å². The first kappa shape index (κ1) is 18.4. The second-order valence-electron chi connectivity index (χ2n) is 5.97. The molecule has 2 rings (SSSR count). The minimum Gasteiger partial charge on any atom is -0.288 e. The Bertz CT molecular complexity index is 717. The molecule has 1 unspecified atom stereocenters. The summed E-state index contributed by atoms with van der Waals surface area (Å²) in [4.78, 5) is 11.0. The molecule has 0 spiro atoms. The highest BCUT2D eigenvalue weighted by atomic mass is 32.1. The predicted molar refractivity (Wildman–Crippen MR) is 105 cm³/mol. The van der Waals surface area contributed by atoms with Crippen LogP contribution >= 0.6 is 12.6 Å². The van der Waals surface area contributed by atoms with Crippen molar-refractivity contribution in [3.05, 3.63) is 59.7 Å². The van der Waals surface area contributed by atoms with Gasteiger partial charge in [0.2, 0.25) is 0 Å². The maximum absolute atomic E-state index is 11.0. The molecule has 0 saturated carbocycles. The van der Waals surface area contributed by atoms with Crippen molar-refractivity contribution in [2.24, 2.45) is 0 Å². The van der Waals surface area contributed by atoms with Crippen LogP contribution < -0.4 is 0 Å². The third kappa shape index (κ3) is 5.28. The van der Waals surface area contributed by atoms with Crippen molar-refractivity contribution in [2.75, 3.05) is 0 Å². The Hall–Kier alpha value is -1.98. The minimum absolute atomic E-state index is 0.0172. The molecule has 2 aromatic carbocycles. The van der Waals surface area contributed by atoms with Gasteiger partial charge in [0.15, 0.2) is 5.12 Å². The SMILES string of the molecule is CC#Cc1ccc(-c2ccc(C(CC)CCCC(=O)S)cc2)cc1. The largest absolute Gasteiger partial charge is 0.288 e. The lowest BCUT2D eigenvalue weighted by Crippen LogP contribution is -1.99. The van der Waals surface area contributed by atoms with Gasteiger partial charge in [0.25, 0.3) is 0 Å². The molecule has 0 bridgehead atoms. The molecule has 0 aliphatic heterocycles. The van der Waals surface area contributed by atoms with Crippen LogP contribution in [-0.4, -0.2) is 5.12 Å². The van der Waals surface area contributed by atoms with E-state index < -0.39 is 0 Å². The highest BCUT2D eigenvalue weighted by Gasteiger charge is 2.10. The van der Waals surface area contributed by atoms with Crippen molar-refractivity contribution < 1.29 is 4.79 Å². The Balaban J connectivity index is 2.07. The highest BCUT2D eigenvalue weighted by Crippen LogP contribution is 2.28. The molecular formula is C22H24OS. The normalized spacial score (nSPS) is 11.5. The van der Waals surface area contributed by atoms with Gasteiger partial charge in [-0.05, 0) is 60.9 Å². The van der Waals surface area contributed by atoms with Gasteiger partial charge in [0.05, 0.1) is 0 Å². The molecule has 2 heteroatoms. The number of carbonyl (C=O) groups is 1. The molecule has 0 fully saturated rings. The zero-order chi connectivity index (χ0) is 17.4. The number of carbonyl (C=O) groups excluding carboxylic acids is 1. The molecule has 1 nitrogen and oxygen atoms in total. The van der Waals surface area contributed by atoms with Crippen LogP contribution in [0.2, 0.25) is 0 Å². The lowest BCUT2D eigenvalue weighted by molar-refractivity contribution is -0.110. The van der Waals surface area contributed by atoms with Crippen LogP contribution in [0.4, 0.5) is 0 Å². The van der Waals surface area contributed by atoms with Crippen LogP contribution in [-0.2, 0) is 4.79 Å². The summed E-state index contributed by atoms with van der Waals surface area (Å²) in [7, 11) is 0. The number of rotatable bonds is 7. The number of benzene rings is 2. The standard InChI is InChI=1S/C22H24OS/c1-3-6-17-9-11-20(12-10-17)21-15-13-19(14-16-21)18(4-2)7-5-8-22(23)24/h9-16,18H,4-5,7-8H2,1-2H3,(H,23,24). The van der Waals surface area contributed by atoms with Gasteiger partial charge in [-0.1, -0.05) is 49.2 Å². The summed E-state index contributed by atoms with van der Waals surface area (Å²) in [5, 5.41) is -0.0172. The Labute approximate surface area is 150 Å². The maximum atomic E-state index is 11.0. The molecule has 0 heterocycles. The highest BCUT2D eigenvalue weighted by molar-refractivity contribution is 7.96. The first-order chi connectivity index (χ1) is 11.6. The van der Waals surface area contributed by atoms with Crippen LogP contribution in [0.1, 0.15) is 56.6 Å². The van der Waals surface area contributed by atoms with E-state index in [-0.39, 0.29) is 5.12 Å². The van der Waals surface area contributed by atoms with E-state index >= 15 is 0 Å². The smallest absolute Gasteiger partial charge is 0.185 e. The number of hydrogen-bond donors (Lipinski definition) is 1. The van der Waals surface area contributed by atoms with E-state index in [1.54, 1.807) is 0 Å². The van der Waals surface area contributed by atoms with E-state index in [0.717, 1.165) is 24.8 Å². The van der Waals surface area contributed by atoms with Gasteiger partial charge in [0, 0.05) is 12.0 Å². The molecule has 2 aromatic rings. The van der Waals surface area contributed by atoms with E-state index in [1.807, 2.05) is 6.92 Å². The van der Waals surface area contributed by atoms with Crippen molar-refractivity contribution >= 4 is 17.7 Å². The lowest BCUT2D eigenvalue weighted by Gasteiger charge is -2.15. The molecule has 0 aromatic heterocycles. The van der Waals surface area contributed by atoms with Gasteiger partial charge in [0.1, 0.15) is 0 Å². The molecule has 0 saturated heterocycles. The summed E-state index contributed by atoms with van der Waals surface area (Å²) in [6.07, 6.45) is 3.59. The van der Waals surface area contributed by atoms with Crippen LogP contribution in [0.3, 0.4) is 0 Å².